The molecule has 2 aromatic rings. The molecule has 1 saturated heterocycles. The normalized spacial score (nSPS) is 20.1. The van der Waals surface area contributed by atoms with Crippen LogP contribution in [0.15, 0.2) is 42.5 Å². The molecule has 1 fully saturated rings. The van der Waals surface area contributed by atoms with Gasteiger partial charge >= 0.3 is 0 Å². The molecule has 2 aromatic carbocycles. The molecule has 2 heterocycles. The summed E-state index contributed by atoms with van der Waals surface area (Å²) in [5.41, 5.74) is 3.89. The monoisotopic (exact) mass is 368 g/mol. The van der Waals surface area contributed by atoms with Crippen LogP contribution in [0.3, 0.4) is 0 Å². The third-order valence-corrected chi connectivity index (χ3v) is 5.66. The molecular weight excluding hydrogens is 340 g/mol. The standard InChI is InChI=1S/C22H28N2O3/c1-17-5-2-3-6-18(17)14-24-11-10-23(15-20(24)9-12-25)13-19-7-4-8-21-22(19)27-16-26-21/h2-8,20,25H,9-16H2,1H3/t20-/m1/s1. The smallest absolute Gasteiger partial charge is 0.231 e. The van der Waals surface area contributed by atoms with E-state index in [-0.39, 0.29) is 6.61 Å². The first-order chi connectivity index (χ1) is 13.2. The van der Waals surface area contributed by atoms with Gasteiger partial charge in [-0.05, 0) is 30.5 Å². The number of hydrogen-bond donors (Lipinski definition) is 1. The summed E-state index contributed by atoms with van der Waals surface area (Å²) >= 11 is 0. The Bertz CT molecular complexity index is 780. The van der Waals surface area contributed by atoms with Crippen molar-refractivity contribution in [3.63, 3.8) is 0 Å². The van der Waals surface area contributed by atoms with E-state index in [1.807, 2.05) is 12.1 Å². The van der Waals surface area contributed by atoms with E-state index in [2.05, 4.69) is 47.1 Å². The van der Waals surface area contributed by atoms with Gasteiger partial charge in [-0.15, -0.1) is 0 Å². The minimum atomic E-state index is 0.223. The summed E-state index contributed by atoms with van der Waals surface area (Å²) < 4.78 is 11.2. The van der Waals surface area contributed by atoms with Gasteiger partial charge in [-0.3, -0.25) is 9.80 Å². The minimum Gasteiger partial charge on any atom is -0.454 e. The van der Waals surface area contributed by atoms with Crippen LogP contribution in [0.2, 0.25) is 0 Å². The molecule has 1 N–H and O–H groups in total. The highest BCUT2D eigenvalue weighted by Gasteiger charge is 2.28. The van der Waals surface area contributed by atoms with Crippen LogP contribution < -0.4 is 9.47 Å². The molecule has 144 valence electrons. The number of rotatable bonds is 6. The lowest BCUT2D eigenvalue weighted by Crippen LogP contribution is -2.52. The summed E-state index contributed by atoms with van der Waals surface area (Å²) in [6.07, 6.45) is 0.800. The third-order valence-electron chi connectivity index (χ3n) is 5.66. The molecule has 0 unspecified atom stereocenters. The molecule has 0 aromatic heterocycles. The number of aliphatic hydroxyl groups excluding tert-OH is 1. The summed E-state index contributed by atoms with van der Waals surface area (Å²) in [6, 6.07) is 15.0. The molecular formula is C22H28N2O3. The van der Waals surface area contributed by atoms with E-state index in [4.69, 9.17) is 9.47 Å². The van der Waals surface area contributed by atoms with E-state index < -0.39 is 0 Å². The van der Waals surface area contributed by atoms with Crippen molar-refractivity contribution in [2.24, 2.45) is 0 Å². The average Bonchev–Trinajstić information content (AvgIpc) is 3.16. The van der Waals surface area contributed by atoms with Crippen molar-refractivity contribution in [3.05, 3.63) is 59.2 Å². The second-order valence-electron chi connectivity index (χ2n) is 7.45. The summed E-state index contributed by atoms with van der Waals surface area (Å²) in [7, 11) is 0. The Morgan fingerprint density at radius 2 is 1.85 bits per heavy atom. The Morgan fingerprint density at radius 1 is 1.00 bits per heavy atom. The maximum atomic E-state index is 9.58. The second-order valence-corrected chi connectivity index (χ2v) is 7.45. The topological polar surface area (TPSA) is 45.2 Å². The van der Waals surface area contributed by atoms with Crippen LogP contribution in [0.4, 0.5) is 0 Å². The number of para-hydroxylation sites is 1. The largest absolute Gasteiger partial charge is 0.454 e. The maximum Gasteiger partial charge on any atom is 0.231 e. The predicted molar refractivity (Wildman–Crippen MR) is 105 cm³/mol. The summed E-state index contributed by atoms with van der Waals surface area (Å²) in [5.74, 6) is 1.73. The zero-order valence-corrected chi connectivity index (χ0v) is 15.9. The van der Waals surface area contributed by atoms with Gasteiger partial charge in [0.15, 0.2) is 11.5 Å². The van der Waals surface area contributed by atoms with Crippen molar-refractivity contribution < 1.29 is 14.6 Å². The fraction of sp³-hybridized carbons (Fsp3) is 0.455. The molecule has 0 aliphatic carbocycles. The van der Waals surface area contributed by atoms with Crippen LogP contribution in [0.1, 0.15) is 23.1 Å². The average molecular weight is 368 g/mol. The minimum absolute atomic E-state index is 0.223. The first-order valence-corrected chi connectivity index (χ1v) is 9.74. The molecule has 0 amide bonds. The van der Waals surface area contributed by atoms with E-state index in [0.29, 0.717) is 12.8 Å². The number of ether oxygens (including phenoxy) is 2. The van der Waals surface area contributed by atoms with Gasteiger partial charge in [0.2, 0.25) is 6.79 Å². The van der Waals surface area contributed by atoms with Crippen LogP contribution in [0.25, 0.3) is 0 Å². The van der Waals surface area contributed by atoms with E-state index in [1.54, 1.807) is 0 Å². The van der Waals surface area contributed by atoms with E-state index in [1.165, 1.54) is 16.7 Å². The van der Waals surface area contributed by atoms with Gasteiger partial charge in [-0.2, -0.15) is 0 Å². The van der Waals surface area contributed by atoms with Gasteiger partial charge < -0.3 is 14.6 Å². The van der Waals surface area contributed by atoms with E-state index in [0.717, 1.165) is 50.6 Å². The molecule has 0 radical (unpaired) electrons. The lowest BCUT2D eigenvalue weighted by Gasteiger charge is -2.41. The zero-order valence-electron chi connectivity index (χ0n) is 15.9. The van der Waals surface area contributed by atoms with Crippen LogP contribution >= 0.6 is 0 Å². The predicted octanol–water partition coefficient (Wildman–Crippen LogP) is 2.79. The number of hydrogen-bond acceptors (Lipinski definition) is 5. The van der Waals surface area contributed by atoms with Gasteiger partial charge in [0.1, 0.15) is 0 Å². The highest BCUT2D eigenvalue weighted by atomic mass is 16.7. The lowest BCUT2D eigenvalue weighted by molar-refractivity contribution is 0.0494. The van der Waals surface area contributed by atoms with Crippen molar-refractivity contribution in [1.82, 2.24) is 9.80 Å². The number of benzene rings is 2. The molecule has 2 aliphatic rings. The number of piperazine rings is 1. The molecule has 2 aliphatic heterocycles. The van der Waals surface area contributed by atoms with Crippen molar-refractivity contribution in [2.45, 2.75) is 32.5 Å². The number of fused-ring (bicyclic) bond motifs is 1. The van der Waals surface area contributed by atoms with Gasteiger partial charge in [0, 0.05) is 50.9 Å². The van der Waals surface area contributed by atoms with Crippen LogP contribution in [0.5, 0.6) is 11.5 Å². The molecule has 0 bridgehead atoms. The molecule has 27 heavy (non-hydrogen) atoms. The summed E-state index contributed by atoms with van der Waals surface area (Å²) in [6.45, 7) is 7.48. The molecule has 4 rings (SSSR count). The number of nitrogens with zero attached hydrogens (tertiary/aromatic N) is 2. The Hall–Kier alpha value is -2.08. The lowest BCUT2D eigenvalue weighted by atomic mass is 10.0. The Morgan fingerprint density at radius 3 is 2.70 bits per heavy atom. The maximum absolute atomic E-state index is 9.58. The molecule has 5 nitrogen and oxygen atoms in total. The highest BCUT2D eigenvalue weighted by Crippen LogP contribution is 2.36. The van der Waals surface area contributed by atoms with Crippen molar-refractivity contribution in [1.29, 1.82) is 0 Å². The van der Waals surface area contributed by atoms with Gasteiger partial charge in [0.25, 0.3) is 0 Å². The first kappa shape index (κ1) is 18.3. The van der Waals surface area contributed by atoms with Gasteiger partial charge in [0.05, 0.1) is 0 Å². The quantitative estimate of drug-likeness (QED) is 0.850. The zero-order chi connectivity index (χ0) is 18.6. The van der Waals surface area contributed by atoms with E-state index >= 15 is 0 Å². The van der Waals surface area contributed by atoms with Crippen molar-refractivity contribution in [2.75, 3.05) is 33.0 Å². The summed E-state index contributed by atoms with van der Waals surface area (Å²) in [5, 5.41) is 9.58. The highest BCUT2D eigenvalue weighted by molar-refractivity contribution is 5.48. The van der Waals surface area contributed by atoms with E-state index in [9.17, 15) is 5.11 Å². The molecule has 0 saturated carbocycles. The fourth-order valence-corrected chi connectivity index (χ4v) is 4.09. The van der Waals surface area contributed by atoms with Crippen molar-refractivity contribution >= 4 is 0 Å². The molecule has 0 spiro atoms. The van der Waals surface area contributed by atoms with Gasteiger partial charge in [-0.1, -0.05) is 36.4 Å². The SMILES string of the molecule is Cc1ccccc1CN1CCN(Cc2cccc3c2OCO3)C[C@H]1CCO. The van der Waals surface area contributed by atoms with Crippen molar-refractivity contribution in [3.8, 4) is 11.5 Å². The second kappa shape index (κ2) is 8.30. The first-order valence-electron chi connectivity index (χ1n) is 9.74. The molecule has 1 atom stereocenters. The molecule has 5 heteroatoms. The van der Waals surface area contributed by atoms with Crippen LogP contribution in [-0.2, 0) is 13.1 Å². The van der Waals surface area contributed by atoms with Gasteiger partial charge in [-0.25, -0.2) is 0 Å². The Kier molecular flexibility index (Phi) is 5.62. The van der Waals surface area contributed by atoms with Crippen LogP contribution in [0, 0.1) is 6.92 Å². The number of aliphatic hydroxyl groups is 1. The summed E-state index contributed by atoms with van der Waals surface area (Å²) in [4.78, 5) is 4.98. The fourth-order valence-electron chi connectivity index (χ4n) is 4.09. The van der Waals surface area contributed by atoms with Crippen LogP contribution in [-0.4, -0.2) is 54.0 Å². The Balaban J connectivity index is 1.43. The number of aryl methyl sites for hydroxylation is 1. The Labute approximate surface area is 161 Å². The third kappa shape index (κ3) is 4.10.